The number of halogens is 2. The fourth-order valence-corrected chi connectivity index (χ4v) is 7.99. The summed E-state index contributed by atoms with van der Waals surface area (Å²) in [5, 5.41) is 19.9. The van der Waals surface area contributed by atoms with E-state index in [0.29, 0.717) is 6.07 Å². The molecule has 4 rings (SSSR count). The Kier molecular flexibility index (Phi) is 17.9. The molecule has 1 aliphatic carbocycles. The Hall–Kier alpha value is -5.23. The molecule has 4 amide bonds. The Bertz CT molecular complexity index is 2040. The van der Waals surface area contributed by atoms with Gasteiger partial charge in [-0.1, -0.05) is 80.6 Å². The Morgan fingerprint density at radius 3 is 2.07 bits per heavy atom. The quantitative estimate of drug-likeness (QED) is 0.110. The molecule has 0 saturated heterocycles. The van der Waals surface area contributed by atoms with Crippen LogP contribution in [0.25, 0.3) is 0 Å². The van der Waals surface area contributed by atoms with Gasteiger partial charge in [0, 0.05) is 64.5 Å². The van der Waals surface area contributed by atoms with Crippen molar-refractivity contribution in [2.75, 3.05) is 33.6 Å². The van der Waals surface area contributed by atoms with Crippen LogP contribution in [-0.4, -0.2) is 110 Å². The average Bonchev–Trinajstić information content (AvgIpc) is 3.67. The maximum atomic E-state index is 14.4. The number of ether oxygens (including phenoxy) is 2. The maximum absolute atomic E-state index is 14.4. The van der Waals surface area contributed by atoms with Gasteiger partial charge in [-0.2, -0.15) is 0 Å². The number of hydrogen-bond acceptors (Lipinski definition) is 9. The van der Waals surface area contributed by atoms with Crippen molar-refractivity contribution in [1.82, 2.24) is 25.2 Å². The molecule has 1 aliphatic rings. The van der Waals surface area contributed by atoms with E-state index >= 15 is 0 Å². The molecule has 4 N–H and O–H groups in total. The van der Waals surface area contributed by atoms with Gasteiger partial charge in [0.25, 0.3) is 0 Å². The number of methoxy groups -OCH3 is 1. The number of aliphatic hydroxyl groups excluding tert-OH is 1. The van der Waals surface area contributed by atoms with Gasteiger partial charge in [0.2, 0.25) is 33.7 Å². The molecule has 0 aromatic heterocycles. The predicted molar refractivity (Wildman–Crippen MR) is 225 cm³/mol. The van der Waals surface area contributed by atoms with Crippen LogP contribution in [0.4, 0.5) is 8.78 Å². The van der Waals surface area contributed by atoms with Crippen LogP contribution in [0.5, 0.6) is 5.75 Å². The van der Waals surface area contributed by atoms with Gasteiger partial charge in [0.05, 0.1) is 30.2 Å². The van der Waals surface area contributed by atoms with Gasteiger partial charge < -0.3 is 35.4 Å². The van der Waals surface area contributed by atoms with Crippen molar-refractivity contribution in [1.29, 1.82) is 0 Å². The van der Waals surface area contributed by atoms with Crippen LogP contribution >= 0.6 is 0 Å². The first-order valence-electron chi connectivity index (χ1n) is 20.0. The first kappa shape index (κ1) is 48.4. The molecule has 3 aromatic rings. The van der Waals surface area contributed by atoms with Gasteiger partial charge in [-0.15, -0.1) is 6.58 Å². The minimum Gasteiger partial charge on any atom is -0.491 e. The van der Waals surface area contributed by atoms with Crippen LogP contribution in [0, 0.1) is 29.4 Å². The lowest BCUT2D eigenvalue weighted by atomic mass is 9.92. The smallest absolute Gasteiger partial charge is 0.249 e. The Morgan fingerprint density at radius 2 is 1.51 bits per heavy atom. The van der Waals surface area contributed by atoms with Crippen molar-refractivity contribution in [3.8, 4) is 5.75 Å². The molecule has 7 atom stereocenters. The standard InChI is InChI=1S/C44H57F2N5O9S/c1-7-18-51(26-30-16-12-9-13-17-30)44(56)36-23-33(50(4)61(6,57)58)22-35(36)41(53)48-37(27-60-34-20-31(45)19-32(46)21-34)38(52)24-39(59-5)42(54)49-40(28(2)3)43(55)47-25-29-14-10-8-11-15-29/h7-17,19-21,28,33,35-40,52H,1,18,22-27H2,2-6H3,(H,47,55)(H,48,53)(H,49,54)/t33-,35-,36-,37+,38+,39-,40+/m1/s1. The molecule has 332 valence electrons. The molecule has 0 radical (unpaired) electrons. The summed E-state index contributed by atoms with van der Waals surface area (Å²) in [5.41, 5.74) is 1.67. The van der Waals surface area contributed by atoms with Crippen molar-refractivity contribution in [2.45, 2.75) is 76.5 Å². The summed E-state index contributed by atoms with van der Waals surface area (Å²) in [6.07, 6.45) is -0.876. The van der Waals surface area contributed by atoms with Gasteiger partial charge in [0.15, 0.2) is 0 Å². The Balaban J connectivity index is 1.59. The van der Waals surface area contributed by atoms with E-state index in [1.807, 2.05) is 60.7 Å². The Labute approximate surface area is 356 Å². The van der Waals surface area contributed by atoms with Crippen molar-refractivity contribution >= 4 is 33.7 Å². The summed E-state index contributed by atoms with van der Waals surface area (Å²) in [6.45, 7) is 7.27. The maximum Gasteiger partial charge on any atom is 0.249 e. The monoisotopic (exact) mass is 869 g/mol. The third kappa shape index (κ3) is 14.2. The van der Waals surface area contributed by atoms with E-state index in [0.717, 1.165) is 33.8 Å². The van der Waals surface area contributed by atoms with Gasteiger partial charge in [-0.05, 0) is 29.9 Å². The molecular formula is C44H57F2N5O9S. The molecule has 3 aromatic carbocycles. The van der Waals surface area contributed by atoms with Gasteiger partial charge in [-0.25, -0.2) is 21.5 Å². The van der Waals surface area contributed by atoms with Crippen molar-refractivity contribution in [3.63, 3.8) is 0 Å². The van der Waals surface area contributed by atoms with Crippen LogP contribution in [0.15, 0.2) is 91.5 Å². The number of nitrogens with one attached hydrogen (secondary N) is 3. The zero-order chi connectivity index (χ0) is 44.9. The number of carbonyl (C=O) groups excluding carboxylic acids is 4. The summed E-state index contributed by atoms with van der Waals surface area (Å²) in [7, 11) is -1.14. The van der Waals surface area contributed by atoms with Gasteiger partial charge >= 0.3 is 0 Å². The minimum atomic E-state index is -3.74. The lowest BCUT2D eigenvalue weighted by Gasteiger charge is -2.31. The third-order valence-electron chi connectivity index (χ3n) is 10.8. The van der Waals surface area contributed by atoms with Crippen LogP contribution in [-0.2, 0) is 47.0 Å². The van der Waals surface area contributed by atoms with Crippen molar-refractivity contribution in [2.24, 2.45) is 17.8 Å². The fourth-order valence-electron chi connectivity index (χ4n) is 7.27. The zero-order valence-electron chi connectivity index (χ0n) is 35.1. The summed E-state index contributed by atoms with van der Waals surface area (Å²) >= 11 is 0. The first-order chi connectivity index (χ1) is 28.9. The van der Waals surface area contributed by atoms with Crippen LogP contribution in [0.2, 0.25) is 0 Å². The molecule has 0 unspecified atom stereocenters. The SMILES string of the molecule is C=CCN(Cc1ccccc1)C(=O)[C@@H]1C[C@H](N(C)S(C)(=O)=O)C[C@H]1C(=O)N[C@@H](COc1cc(F)cc(F)c1)[C@@H](O)C[C@@H](OC)C(=O)N[C@H](C(=O)NCc1ccccc1)C(C)C. The molecule has 14 nitrogen and oxygen atoms in total. The minimum absolute atomic E-state index is 0.0110. The molecule has 0 bridgehead atoms. The number of aliphatic hydroxyl groups is 1. The molecule has 0 aliphatic heterocycles. The highest BCUT2D eigenvalue weighted by Crippen LogP contribution is 2.37. The molecule has 0 heterocycles. The number of hydrogen-bond donors (Lipinski definition) is 4. The van der Waals surface area contributed by atoms with E-state index in [9.17, 15) is 41.5 Å². The van der Waals surface area contributed by atoms with Crippen LogP contribution in [0.3, 0.4) is 0 Å². The van der Waals surface area contributed by atoms with E-state index in [1.165, 1.54) is 19.1 Å². The molecule has 17 heteroatoms. The second-order valence-corrected chi connectivity index (χ2v) is 17.6. The highest BCUT2D eigenvalue weighted by atomic mass is 32.2. The zero-order valence-corrected chi connectivity index (χ0v) is 35.9. The third-order valence-corrected chi connectivity index (χ3v) is 12.1. The van der Waals surface area contributed by atoms with Crippen LogP contribution in [0.1, 0.15) is 44.2 Å². The van der Waals surface area contributed by atoms with E-state index < -0.39 is 100 Å². The summed E-state index contributed by atoms with van der Waals surface area (Å²) < 4.78 is 65.8. The first-order valence-corrected chi connectivity index (χ1v) is 21.8. The Morgan fingerprint density at radius 1 is 0.918 bits per heavy atom. The van der Waals surface area contributed by atoms with Gasteiger partial charge in [0.1, 0.15) is 36.1 Å². The number of rotatable bonds is 22. The highest BCUT2D eigenvalue weighted by Gasteiger charge is 2.47. The summed E-state index contributed by atoms with van der Waals surface area (Å²) in [5.74, 6) is -6.91. The van der Waals surface area contributed by atoms with E-state index in [4.69, 9.17) is 9.47 Å². The second kappa shape index (κ2) is 22.6. The van der Waals surface area contributed by atoms with E-state index in [2.05, 4.69) is 22.5 Å². The second-order valence-electron chi connectivity index (χ2n) is 15.6. The lowest BCUT2D eigenvalue weighted by molar-refractivity contribution is -0.141. The molecular weight excluding hydrogens is 813 g/mol. The number of amides is 4. The number of nitrogens with zero attached hydrogens (tertiary/aromatic N) is 2. The topological polar surface area (TPSA) is 184 Å². The predicted octanol–water partition coefficient (Wildman–Crippen LogP) is 3.55. The van der Waals surface area contributed by atoms with Crippen molar-refractivity contribution < 1.29 is 51.0 Å². The number of benzene rings is 3. The summed E-state index contributed by atoms with van der Waals surface area (Å²) in [6, 6.07) is 17.7. The fraction of sp³-hybridized carbons (Fsp3) is 0.455. The average molecular weight is 870 g/mol. The number of sulfonamides is 1. The molecule has 0 spiro atoms. The molecule has 1 saturated carbocycles. The largest absolute Gasteiger partial charge is 0.491 e. The van der Waals surface area contributed by atoms with Crippen LogP contribution < -0.4 is 20.7 Å². The summed E-state index contributed by atoms with van der Waals surface area (Å²) in [4.78, 5) is 57.1. The molecule has 61 heavy (non-hydrogen) atoms. The van der Waals surface area contributed by atoms with E-state index in [1.54, 1.807) is 19.9 Å². The van der Waals surface area contributed by atoms with Gasteiger partial charge in [-0.3, -0.25) is 19.2 Å². The number of carbonyl (C=O) groups is 4. The molecule has 1 fully saturated rings. The highest BCUT2D eigenvalue weighted by molar-refractivity contribution is 7.88. The van der Waals surface area contributed by atoms with Crippen molar-refractivity contribution in [3.05, 3.63) is 114 Å². The normalized spacial score (nSPS) is 18.4. The van der Waals surface area contributed by atoms with E-state index in [-0.39, 0.29) is 44.1 Å². The lowest BCUT2D eigenvalue weighted by Crippen LogP contribution is -2.55.